The topological polar surface area (TPSA) is 104 Å². The van der Waals surface area contributed by atoms with Crippen molar-refractivity contribution in [3.05, 3.63) is 47.0 Å². The van der Waals surface area contributed by atoms with Gasteiger partial charge in [0.15, 0.2) is 0 Å². The highest BCUT2D eigenvalue weighted by atomic mass is 32.1. The molecule has 4 unspecified atom stereocenters. The molecule has 160 valence electrons. The number of aromatic nitrogens is 2. The molecule has 1 aliphatic heterocycles. The lowest BCUT2D eigenvalue weighted by Gasteiger charge is -2.17. The normalized spacial score (nSPS) is 26.1. The summed E-state index contributed by atoms with van der Waals surface area (Å²) in [6.45, 7) is 4.35. The van der Waals surface area contributed by atoms with E-state index in [-0.39, 0.29) is 47.4 Å². The maximum absolute atomic E-state index is 12.9. The van der Waals surface area contributed by atoms with E-state index in [0.29, 0.717) is 17.4 Å². The summed E-state index contributed by atoms with van der Waals surface area (Å²) in [5, 5.41) is 14.8. The van der Waals surface area contributed by atoms with Crippen LogP contribution in [-0.2, 0) is 16.1 Å². The van der Waals surface area contributed by atoms with Crippen molar-refractivity contribution in [1.82, 2.24) is 15.5 Å². The Morgan fingerprint density at radius 3 is 2.32 bits per heavy atom. The molecule has 5 rings (SSSR count). The first kappa shape index (κ1) is 19.9. The van der Waals surface area contributed by atoms with Crippen LogP contribution in [0.2, 0.25) is 0 Å². The van der Waals surface area contributed by atoms with Gasteiger partial charge in [-0.25, -0.2) is 4.79 Å². The molecule has 0 radical (unpaired) electrons. The van der Waals surface area contributed by atoms with Crippen molar-refractivity contribution in [1.29, 1.82) is 0 Å². The summed E-state index contributed by atoms with van der Waals surface area (Å²) in [5.74, 6) is 0.0687. The van der Waals surface area contributed by atoms with Crippen molar-refractivity contribution in [2.45, 2.75) is 32.7 Å². The quantitative estimate of drug-likeness (QED) is 0.552. The maximum atomic E-state index is 12.9. The van der Waals surface area contributed by atoms with Crippen LogP contribution >= 0.6 is 11.3 Å². The molecular weight excluding hydrogens is 414 g/mol. The second-order valence-corrected chi connectivity index (χ2v) is 9.60. The Kier molecular flexibility index (Phi) is 4.85. The van der Waals surface area contributed by atoms with Crippen molar-refractivity contribution in [2.24, 2.45) is 23.7 Å². The molecular formula is C22H23N5O3S. The Balaban J connectivity index is 1.19. The number of amides is 4. The van der Waals surface area contributed by atoms with E-state index in [1.54, 1.807) is 12.1 Å². The molecule has 2 bridgehead atoms. The monoisotopic (exact) mass is 437 g/mol. The van der Waals surface area contributed by atoms with E-state index in [1.165, 1.54) is 16.2 Å². The van der Waals surface area contributed by atoms with Gasteiger partial charge in [0.05, 0.1) is 17.5 Å². The average molecular weight is 438 g/mol. The Morgan fingerprint density at radius 1 is 1.10 bits per heavy atom. The second kappa shape index (κ2) is 7.56. The first-order valence-electron chi connectivity index (χ1n) is 10.5. The largest absolute Gasteiger partial charge is 0.334 e. The number of rotatable bonds is 5. The molecule has 9 heteroatoms. The van der Waals surface area contributed by atoms with E-state index in [2.05, 4.69) is 33.0 Å². The van der Waals surface area contributed by atoms with Crippen LogP contribution < -0.4 is 15.5 Å². The first-order valence-corrected chi connectivity index (χ1v) is 11.3. The van der Waals surface area contributed by atoms with Gasteiger partial charge in [0, 0.05) is 12.5 Å². The number of hydrogen-bond acceptors (Lipinski definition) is 6. The zero-order valence-electron chi connectivity index (χ0n) is 17.2. The zero-order chi connectivity index (χ0) is 21.7. The predicted octanol–water partition coefficient (Wildman–Crippen LogP) is 3.29. The van der Waals surface area contributed by atoms with Gasteiger partial charge >= 0.3 is 6.03 Å². The number of benzene rings is 1. The van der Waals surface area contributed by atoms with E-state index in [0.717, 1.165) is 17.0 Å². The van der Waals surface area contributed by atoms with E-state index in [4.69, 9.17) is 0 Å². The Hall–Kier alpha value is -3.07. The van der Waals surface area contributed by atoms with Crippen molar-refractivity contribution >= 4 is 40.0 Å². The molecule has 0 spiro atoms. The predicted molar refractivity (Wildman–Crippen MR) is 117 cm³/mol. The number of urea groups is 1. The lowest BCUT2D eigenvalue weighted by atomic mass is 9.85. The van der Waals surface area contributed by atoms with E-state index in [9.17, 15) is 14.4 Å². The molecule has 4 amide bonds. The standard InChI is InChI=1S/C22H23N5O3S/c1-11(2)18-25-26-22(31-18)24-21(30)23-10-12-3-7-15(8-4-12)27-19(28)16-13-5-6-14(9-13)17(16)20(27)29/h3-8,11,13-14,16-17H,9-10H2,1-2H3,(H2,23,24,26,30). The first-order chi connectivity index (χ1) is 14.9. The third kappa shape index (κ3) is 3.42. The van der Waals surface area contributed by atoms with Crippen molar-refractivity contribution in [3.8, 4) is 0 Å². The van der Waals surface area contributed by atoms with E-state index in [1.807, 2.05) is 26.0 Å². The maximum Gasteiger partial charge on any atom is 0.321 e. The van der Waals surface area contributed by atoms with Crippen LogP contribution in [0.3, 0.4) is 0 Å². The van der Waals surface area contributed by atoms with Gasteiger partial charge in [-0.05, 0) is 36.0 Å². The van der Waals surface area contributed by atoms with Gasteiger partial charge in [0.2, 0.25) is 16.9 Å². The molecule has 2 heterocycles. The number of hydrogen-bond donors (Lipinski definition) is 2. The molecule has 2 aliphatic carbocycles. The summed E-state index contributed by atoms with van der Waals surface area (Å²) in [7, 11) is 0. The highest BCUT2D eigenvalue weighted by molar-refractivity contribution is 7.15. The van der Waals surface area contributed by atoms with Crippen LogP contribution in [0.5, 0.6) is 0 Å². The number of carbonyl (C=O) groups excluding carboxylic acids is 3. The number of fused-ring (bicyclic) bond motifs is 5. The van der Waals surface area contributed by atoms with Crippen LogP contribution in [0.25, 0.3) is 0 Å². The van der Waals surface area contributed by atoms with Gasteiger partial charge in [-0.1, -0.05) is 49.5 Å². The molecule has 4 atom stereocenters. The minimum Gasteiger partial charge on any atom is -0.334 e. The molecule has 1 saturated heterocycles. The minimum absolute atomic E-state index is 0.0880. The van der Waals surface area contributed by atoms with Crippen LogP contribution in [0, 0.1) is 23.7 Å². The third-order valence-electron chi connectivity index (χ3n) is 6.27. The molecule has 2 aromatic rings. The number of nitrogens with zero attached hydrogens (tertiary/aromatic N) is 3. The van der Waals surface area contributed by atoms with E-state index < -0.39 is 0 Å². The summed E-state index contributed by atoms with van der Waals surface area (Å²) < 4.78 is 0. The third-order valence-corrected chi connectivity index (χ3v) is 7.41. The van der Waals surface area contributed by atoms with Crippen molar-refractivity contribution in [3.63, 3.8) is 0 Å². The number of carbonyl (C=O) groups is 3. The highest BCUT2D eigenvalue weighted by Gasteiger charge is 2.59. The van der Waals surface area contributed by atoms with Gasteiger partial charge in [0.1, 0.15) is 5.01 Å². The highest BCUT2D eigenvalue weighted by Crippen LogP contribution is 2.53. The lowest BCUT2D eigenvalue weighted by molar-refractivity contribution is -0.123. The van der Waals surface area contributed by atoms with Gasteiger partial charge in [-0.2, -0.15) is 0 Å². The fourth-order valence-corrected chi connectivity index (χ4v) is 5.50. The Morgan fingerprint density at radius 2 is 1.74 bits per heavy atom. The number of imide groups is 1. The van der Waals surface area contributed by atoms with Crippen molar-refractivity contribution < 1.29 is 14.4 Å². The molecule has 1 aromatic heterocycles. The summed E-state index contributed by atoms with van der Waals surface area (Å²) in [6.07, 6.45) is 5.10. The smallest absolute Gasteiger partial charge is 0.321 e. The van der Waals surface area contributed by atoms with Crippen LogP contribution in [0.1, 0.15) is 36.8 Å². The fraction of sp³-hybridized carbons (Fsp3) is 0.409. The molecule has 3 aliphatic rings. The summed E-state index contributed by atoms with van der Waals surface area (Å²) in [6, 6.07) is 6.80. The SMILES string of the molecule is CC(C)c1nnc(NC(=O)NCc2ccc(N3C(=O)C4C5C=CC(C5)C4C3=O)cc2)s1. The average Bonchev–Trinajstić information content (AvgIpc) is 3.52. The van der Waals surface area contributed by atoms with Gasteiger partial charge in [-0.3, -0.25) is 19.8 Å². The molecule has 2 fully saturated rings. The van der Waals surface area contributed by atoms with Gasteiger partial charge in [-0.15, -0.1) is 10.2 Å². The number of anilines is 2. The number of allylic oxidation sites excluding steroid dienone is 2. The van der Waals surface area contributed by atoms with Crippen LogP contribution in [0.4, 0.5) is 15.6 Å². The van der Waals surface area contributed by atoms with Crippen LogP contribution in [0.15, 0.2) is 36.4 Å². The minimum atomic E-state index is -0.365. The molecule has 8 nitrogen and oxygen atoms in total. The van der Waals surface area contributed by atoms with Crippen LogP contribution in [-0.4, -0.2) is 28.0 Å². The molecule has 2 N–H and O–H groups in total. The van der Waals surface area contributed by atoms with Crippen molar-refractivity contribution in [2.75, 3.05) is 10.2 Å². The summed E-state index contributed by atoms with van der Waals surface area (Å²) >= 11 is 1.35. The zero-order valence-corrected chi connectivity index (χ0v) is 18.1. The molecule has 1 aromatic carbocycles. The summed E-state index contributed by atoms with van der Waals surface area (Å²) in [4.78, 5) is 39.3. The second-order valence-electron chi connectivity index (χ2n) is 8.59. The molecule has 31 heavy (non-hydrogen) atoms. The van der Waals surface area contributed by atoms with Gasteiger partial charge in [0.25, 0.3) is 0 Å². The van der Waals surface area contributed by atoms with Gasteiger partial charge < -0.3 is 5.32 Å². The van der Waals surface area contributed by atoms with E-state index >= 15 is 0 Å². The molecule has 1 saturated carbocycles. The Bertz CT molecular complexity index is 1050. The number of nitrogens with one attached hydrogen (secondary N) is 2. The Labute approximate surface area is 183 Å². The lowest BCUT2D eigenvalue weighted by Crippen LogP contribution is -2.32. The summed E-state index contributed by atoms with van der Waals surface area (Å²) in [5.41, 5.74) is 1.45. The fourth-order valence-electron chi connectivity index (χ4n) is 4.76.